The molecule has 0 fully saturated rings. The van der Waals surface area contributed by atoms with E-state index >= 15 is 0 Å². The number of pyridine rings is 2. The molecule has 3 rings (SSSR count). The van der Waals surface area contributed by atoms with Crippen LogP contribution in [0.25, 0.3) is 26.0 Å². The minimum absolute atomic E-state index is 0.116. The topological polar surface area (TPSA) is 67.2 Å². The summed E-state index contributed by atoms with van der Waals surface area (Å²) in [7, 11) is 0. The van der Waals surface area contributed by atoms with Gasteiger partial charge in [-0.3, -0.25) is 9.36 Å². The third-order valence-corrected chi connectivity index (χ3v) is 5.26. The predicted molar refractivity (Wildman–Crippen MR) is 116 cm³/mol. The number of rotatable bonds is 6. The summed E-state index contributed by atoms with van der Waals surface area (Å²) in [4.78, 5) is 18.3. The fourth-order valence-corrected chi connectivity index (χ4v) is 3.95. The Balaban J connectivity index is 2.17. The summed E-state index contributed by atoms with van der Waals surface area (Å²) >= 11 is 7.16. The molecule has 3 aromatic heterocycles. The van der Waals surface area contributed by atoms with Crippen molar-refractivity contribution in [2.75, 3.05) is 11.9 Å². The van der Waals surface area contributed by atoms with Crippen molar-refractivity contribution in [1.82, 2.24) is 9.55 Å². The minimum Gasteiger partial charge on any atom is -0.392 e. The molecule has 3 aromatic rings. The number of allylic oxidation sites excluding steroid dienone is 5. The standard InChI is InChI=1S/C20H20ClN3O2S/c1-4-14(6-5-12(2)21)24-10-8-15-17-16(23-11-13(3)25)7-9-22-19(17)27-18(15)20(24)26/h4-10,13,25H,2,11H2,1,3H3,(H,22,23)/b6-5-,14-4+/t13-/m1/s1. The highest BCUT2D eigenvalue weighted by atomic mass is 35.5. The maximum Gasteiger partial charge on any atom is 0.273 e. The van der Waals surface area contributed by atoms with Gasteiger partial charge in [-0.05, 0) is 38.1 Å². The average Bonchev–Trinajstić information content (AvgIpc) is 3.02. The Bertz CT molecular complexity index is 1130. The van der Waals surface area contributed by atoms with Crippen LogP contribution in [0.5, 0.6) is 0 Å². The van der Waals surface area contributed by atoms with E-state index in [0.29, 0.717) is 22.0 Å². The maximum atomic E-state index is 13.1. The lowest BCUT2D eigenvalue weighted by atomic mass is 10.2. The second-order valence-corrected chi connectivity index (χ2v) is 7.58. The molecule has 0 radical (unpaired) electrons. The van der Waals surface area contributed by atoms with Crippen LogP contribution in [0, 0.1) is 0 Å². The van der Waals surface area contributed by atoms with Crippen LogP contribution in [0.2, 0.25) is 0 Å². The number of nitrogens with zero attached hydrogens (tertiary/aromatic N) is 2. The lowest BCUT2D eigenvalue weighted by Crippen LogP contribution is -2.17. The number of aliphatic hydroxyl groups is 1. The number of aromatic nitrogens is 2. The molecule has 0 spiro atoms. The lowest BCUT2D eigenvalue weighted by Gasteiger charge is -2.10. The molecule has 3 heterocycles. The van der Waals surface area contributed by atoms with E-state index in [-0.39, 0.29) is 5.56 Å². The summed E-state index contributed by atoms with van der Waals surface area (Å²) in [5.41, 5.74) is 1.45. The van der Waals surface area contributed by atoms with E-state index in [0.717, 1.165) is 21.3 Å². The molecule has 5 nitrogen and oxygen atoms in total. The molecule has 27 heavy (non-hydrogen) atoms. The first-order valence-corrected chi connectivity index (χ1v) is 9.65. The Kier molecular flexibility index (Phi) is 5.79. The molecule has 0 aliphatic heterocycles. The molecular formula is C20H20ClN3O2S. The van der Waals surface area contributed by atoms with Crippen molar-refractivity contribution >= 4 is 54.6 Å². The van der Waals surface area contributed by atoms with Crippen molar-refractivity contribution in [2.45, 2.75) is 20.0 Å². The van der Waals surface area contributed by atoms with E-state index in [1.165, 1.54) is 11.3 Å². The molecule has 0 aromatic carbocycles. The van der Waals surface area contributed by atoms with Gasteiger partial charge in [0.15, 0.2) is 0 Å². The zero-order chi connectivity index (χ0) is 19.6. The molecule has 7 heteroatoms. The predicted octanol–water partition coefficient (Wildman–Crippen LogP) is 4.57. The highest BCUT2D eigenvalue weighted by Gasteiger charge is 2.15. The summed E-state index contributed by atoms with van der Waals surface area (Å²) in [6.45, 7) is 7.63. The minimum atomic E-state index is -0.476. The summed E-state index contributed by atoms with van der Waals surface area (Å²) in [5, 5.41) is 14.9. The lowest BCUT2D eigenvalue weighted by molar-refractivity contribution is 0.208. The first-order valence-electron chi connectivity index (χ1n) is 8.46. The Hall–Kier alpha value is -2.41. The molecule has 1 atom stereocenters. The molecule has 0 amide bonds. The Morgan fingerprint density at radius 1 is 1.48 bits per heavy atom. The van der Waals surface area contributed by atoms with Crippen LogP contribution < -0.4 is 10.9 Å². The van der Waals surface area contributed by atoms with Crippen LogP contribution >= 0.6 is 22.9 Å². The van der Waals surface area contributed by atoms with E-state index in [4.69, 9.17) is 11.6 Å². The van der Waals surface area contributed by atoms with Gasteiger partial charge in [-0.25, -0.2) is 4.98 Å². The van der Waals surface area contributed by atoms with Crippen molar-refractivity contribution in [2.24, 2.45) is 0 Å². The maximum absolute atomic E-state index is 13.1. The monoisotopic (exact) mass is 401 g/mol. The van der Waals surface area contributed by atoms with Gasteiger partial charge in [0.05, 0.1) is 6.10 Å². The van der Waals surface area contributed by atoms with E-state index < -0.39 is 6.10 Å². The van der Waals surface area contributed by atoms with Crippen molar-refractivity contribution in [3.63, 3.8) is 0 Å². The number of nitrogens with one attached hydrogen (secondary N) is 1. The van der Waals surface area contributed by atoms with Crippen molar-refractivity contribution in [3.8, 4) is 0 Å². The zero-order valence-corrected chi connectivity index (χ0v) is 16.6. The summed E-state index contributed by atoms with van der Waals surface area (Å²) < 4.78 is 2.21. The Morgan fingerprint density at radius 3 is 2.93 bits per heavy atom. The SMILES string of the molecule is C=C(Cl)/C=C\C(=C/C)n1ccc2c(sc3nccc(NC[C@@H](C)O)c32)c1=O. The number of hydrogen-bond donors (Lipinski definition) is 2. The number of halogens is 1. The van der Waals surface area contributed by atoms with Crippen LogP contribution in [0.3, 0.4) is 0 Å². The van der Waals surface area contributed by atoms with Crippen LogP contribution in [-0.2, 0) is 0 Å². The van der Waals surface area contributed by atoms with Crippen LogP contribution in [-0.4, -0.2) is 27.3 Å². The van der Waals surface area contributed by atoms with Crippen LogP contribution in [0.1, 0.15) is 13.8 Å². The fourth-order valence-electron chi connectivity index (χ4n) is 2.79. The molecule has 2 N–H and O–H groups in total. The largest absolute Gasteiger partial charge is 0.392 e. The van der Waals surface area contributed by atoms with Crippen molar-refractivity contribution in [3.05, 3.63) is 64.7 Å². The van der Waals surface area contributed by atoms with Gasteiger partial charge >= 0.3 is 0 Å². The van der Waals surface area contributed by atoms with E-state index in [1.807, 2.05) is 25.1 Å². The van der Waals surface area contributed by atoms with Crippen molar-refractivity contribution in [1.29, 1.82) is 0 Å². The number of hydrogen-bond acceptors (Lipinski definition) is 5. The van der Waals surface area contributed by atoms with E-state index in [1.54, 1.807) is 36.0 Å². The number of fused-ring (bicyclic) bond motifs is 3. The Labute approximate surface area is 165 Å². The smallest absolute Gasteiger partial charge is 0.273 e. The molecular weight excluding hydrogens is 382 g/mol. The van der Waals surface area contributed by atoms with Gasteiger partial charge in [-0.15, -0.1) is 11.3 Å². The van der Waals surface area contributed by atoms with E-state index in [2.05, 4.69) is 16.9 Å². The number of aliphatic hydroxyl groups excluding tert-OH is 1. The summed E-state index contributed by atoms with van der Waals surface area (Å²) in [6.07, 6.45) is 8.22. The second kappa shape index (κ2) is 8.08. The second-order valence-electron chi connectivity index (χ2n) is 6.10. The normalized spacial score (nSPS) is 13.6. The van der Waals surface area contributed by atoms with Gasteiger partial charge in [-0.1, -0.05) is 24.3 Å². The highest BCUT2D eigenvalue weighted by Crippen LogP contribution is 2.35. The zero-order valence-electron chi connectivity index (χ0n) is 15.1. The third kappa shape index (κ3) is 3.98. The van der Waals surface area contributed by atoms with Crippen LogP contribution in [0.15, 0.2) is 59.2 Å². The number of thiophene rings is 1. The fraction of sp³-hybridized carbons (Fsp3) is 0.200. The van der Waals surface area contributed by atoms with Gasteiger partial charge in [0.1, 0.15) is 9.53 Å². The summed E-state index contributed by atoms with van der Waals surface area (Å²) in [6, 6.07) is 3.77. The summed E-state index contributed by atoms with van der Waals surface area (Å²) in [5.74, 6) is 0. The highest BCUT2D eigenvalue weighted by molar-refractivity contribution is 7.25. The molecule has 0 bridgehead atoms. The Morgan fingerprint density at radius 2 is 2.26 bits per heavy atom. The van der Waals surface area contributed by atoms with Gasteiger partial charge in [-0.2, -0.15) is 0 Å². The first kappa shape index (κ1) is 19.4. The van der Waals surface area contributed by atoms with Gasteiger partial charge in [0, 0.05) is 46.1 Å². The third-order valence-electron chi connectivity index (χ3n) is 4.03. The molecule has 0 aliphatic carbocycles. The van der Waals surface area contributed by atoms with Gasteiger partial charge < -0.3 is 10.4 Å². The molecule has 140 valence electrons. The molecule has 0 saturated heterocycles. The average molecular weight is 402 g/mol. The van der Waals surface area contributed by atoms with Gasteiger partial charge in [0.25, 0.3) is 5.56 Å². The molecule has 0 aliphatic rings. The number of anilines is 1. The van der Waals surface area contributed by atoms with E-state index in [9.17, 15) is 9.90 Å². The molecule has 0 unspecified atom stereocenters. The van der Waals surface area contributed by atoms with Gasteiger partial charge in [0.2, 0.25) is 0 Å². The molecule has 0 saturated carbocycles. The quantitative estimate of drug-likeness (QED) is 0.593. The van der Waals surface area contributed by atoms with Crippen molar-refractivity contribution < 1.29 is 5.11 Å². The first-order chi connectivity index (χ1) is 12.9. The van der Waals surface area contributed by atoms with Crippen LogP contribution in [0.4, 0.5) is 5.69 Å².